The number of thiazole rings is 1. The molecule has 0 amide bonds. The van der Waals surface area contributed by atoms with Crippen LogP contribution in [-0.4, -0.2) is 30.0 Å². The van der Waals surface area contributed by atoms with Crippen molar-refractivity contribution in [2.75, 3.05) is 18.0 Å². The van der Waals surface area contributed by atoms with E-state index in [1.54, 1.807) is 23.1 Å². The van der Waals surface area contributed by atoms with E-state index in [2.05, 4.69) is 4.98 Å². The van der Waals surface area contributed by atoms with E-state index in [9.17, 15) is 18.0 Å². The second-order valence-electron chi connectivity index (χ2n) is 7.12. The molecule has 0 aliphatic carbocycles. The van der Waals surface area contributed by atoms with Gasteiger partial charge in [0.1, 0.15) is 5.41 Å². The van der Waals surface area contributed by atoms with Gasteiger partial charge in [-0.25, -0.2) is 4.98 Å². The highest BCUT2D eigenvalue weighted by atomic mass is 35.5. The van der Waals surface area contributed by atoms with Crippen LogP contribution in [-0.2, 0) is 5.41 Å². The predicted molar refractivity (Wildman–Crippen MR) is 122 cm³/mol. The van der Waals surface area contributed by atoms with Crippen molar-refractivity contribution in [3.63, 3.8) is 0 Å². The van der Waals surface area contributed by atoms with Gasteiger partial charge in [0.25, 0.3) is 0 Å². The molecule has 166 valence electrons. The maximum Gasteiger partial charge on any atom is 0.400 e. The summed E-state index contributed by atoms with van der Waals surface area (Å²) in [5, 5.41) is 0.800. The fourth-order valence-electron chi connectivity index (χ4n) is 3.78. The van der Waals surface area contributed by atoms with Crippen LogP contribution in [0.25, 0.3) is 10.2 Å². The molecule has 1 aromatic heterocycles. The lowest BCUT2D eigenvalue weighted by Crippen LogP contribution is -2.44. The molecule has 0 saturated carbocycles. The van der Waals surface area contributed by atoms with Crippen molar-refractivity contribution in [1.82, 2.24) is 4.98 Å². The largest absolute Gasteiger partial charge is 0.400 e. The van der Waals surface area contributed by atoms with Gasteiger partial charge in [0, 0.05) is 28.7 Å². The van der Waals surface area contributed by atoms with Gasteiger partial charge in [-0.3, -0.25) is 4.79 Å². The van der Waals surface area contributed by atoms with Crippen molar-refractivity contribution in [2.45, 2.75) is 38.8 Å². The molecule has 0 N–H and O–H groups in total. The van der Waals surface area contributed by atoms with Crippen LogP contribution in [0.4, 0.5) is 18.3 Å². The minimum Gasteiger partial charge on any atom is -0.347 e. The van der Waals surface area contributed by atoms with Crippen LogP contribution >= 0.6 is 34.5 Å². The van der Waals surface area contributed by atoms with Crippen LogP contribution < -0.4 is 4.90 Å². The first-order valence-electron chi connectivity index (χ1n) is 9.79. The highest BCUT2D eigenvalue weighted by molar-refractivity contribution is 7.22. The van der Waals surface area contributed by atoms with Gasteiger partial charge in [-0.2, -0.15) is 13.2 Å². The summed E-state index contributed by atoms with van der Waals surface area (Å²) in [6.07, 6.45) is -4.63. The summed E-state index contributed by atoms with van der Waals surface area (Å²) in [7, 11) is 0. The number of ketones is 1. The Bertz CT molecular complexity index is 1100. The Balaban J connectivity index is 0.00000132. The summed E-state index contributed by atoms with van der Waals surface area (Å²) < 4.78 is 43.4. The quantitative estimate of drug-likeness (QED) is 0.357. The molecule has 0 bridgehead atoms. The molecule has 2 aromatic carbocycles. The lowest BCUT2D eigenvalue weighted by atomic mass is 9.79. The molecule has 31 heavy (non-hydrogen) atoms. The molecule has 3 aromatic rings. The van der Waals surface area contributed by atoms with Crippen molar-refractivity contribution in [2.24, 2.45) is 0 Å². The molecule has 1 unspecified atom stereocenters. The number of aromatic nitrogens is 1. The average molecular weight is 489 g/mol. The third-order valence-electron chi connectivity index (χ3n) is 5.28. The summed E-state index contributed by atoms with van der Waals surface area (Å²) in [6, 6.07) is 9.25. The van der Waals surface area contributed by atoms with Gasteiger partial charge in [0.15, 0.2) is 10.9 Å². The lowest BCUT2D eigenvalue weighted by Gasteiger charge is -2.32. The molecule has 9 heteroatoms. The van der Waals surface area contributed by atoms with Crippen molar-refractivity contribution in [3.8, 4) is 0 Å². The number of benzene rings is 2. The standard InChI is InChI=1S/C20H15Cl2F3N2OS.C2H6/c1-11(28)15-3-2-4-16-17(15)29-18(26-16)27-6-5-19(10-27,20(23,24)25)12-7-13(21)9-14(22)8-12;1-2/h2-4,7-9H,5-6,10H2,1H3;1-2H3. The van der Waals surface area contributed by atoms with E-state index >= 15 is 0 Å². The number of alkyl halides is 3. The topological polar surface area (TPSA) is 33.2 Å². The van der Waals surface area contributed by atoms with Gasteiger partial charge < -0.3 is 4.90 Å². The Morgan fingerprint density at radius 3 is 2.39 bits per heavy atom. The summed E-state index contributed by atoms with van der Waals surface area (Å²) in [6.45, 7) is 5.35. The van der Waals surface area contributed by atoms with Crippen molar-refractivity contribution in [3.05, 3.63) is 57.6 Å². The third-order valence-corrected chi connectivity index (χ3v) is 6.88. The van der Waals surface area contributed by atoms with E-state index in [0.717, 1.165) is 0 Å². The lowest BCUT2D eigenvalue weighted by molar-refractivity contribution is -0.184. The number of fused-ring (bicyclic) bond motifs is 1. The van der Waals surface area contributed by atoms with Crippen LogP contribution in [0.15, 0.2) is 36.4 Å². The molecular weight excluding hydrogens is 468 g/mol. The SMILES string of the molecule is CC.CC(=O)c1cccc2nc(N3CCC(c4cc(Cl)cc(Cl)c4)(C(F)(F)F)C3)sc12. The zero-order valence-electron chi connectivity index (χ0n) is 17.2. The third kappa shape index (κ3) is 4.41. The molecule has 1 aliphatic heterocycles. The number of carbonyl (C=O) groups excluding carboxylic acids is 1. The summed E-state index contributed by atoms with van der Waals surface area (Å²) in [5.74, 6) is -0.106. The number of rotatable bonds is 3. The second kappa shape index (κ2) is 8.96. The first-order valence-corrected chi connectivity index (χ1v) is 11.4. The van der Waals surface area contributed by atoms with E-state index in [1.807, 2.05) is 13.8 Å². The van der Waals surface area contributed by atoms with Gasteiger partial charge in [-0.05, 0) is 49.2 Å². The number of Topliss-reactive ketones (excluding diaryl/α,β-unsaturated/α-hetero) is 1. The van der Waals surface area contributed by atoms with Gasteiger partial charge in [0.2, 0.25) is 0 Å². The number of nitrogens with zero attached hydrogens (tertiary/aromatic N) is 2. The normalized spacial score (nSPS) is 18.8. The molecule has 2 heterocycles. The Morgan fingerprint density at radius 2 is 1.81 bits per heavy atom. The fraction of sp³-hybridized carbons (Fsp3) is 0.364. The average Bonchev–Trinajstić information content (AvgIpc) is 3.33. The number of hydrogen-bond donors (Lipinski definition) is 0. The monoisotopic (exact) mass is 488 g/mol. The highest BCUT2D eigenvalue weighted by Crippen LogP contribution is 2.50. The van der Waals surface area contributed by atoms with Gasteiger partial charge in [-0.1, -0.05) is 54.5 Å². The van der Waals surface area contributed by atoms with Crippen LogP contribution in [0.5, 0.6) is 0 Å². The molecule has 1 fully saturated rings. The molecule has 3 nitrogen and oxygen atoms in total. The van der Waals surface area contributed by atoms with E-state index < -0.39 is 11.6 Å². The van der Waals surface area contributed by atoms with E-state index in [-0.39, 0.29) is 40.9 Å². The van der Waals surface area contributed by atoms with Gasteiger partial charge >= 0.3 is 6.18 Å². The van der Waals surface area contributed by atoms with Crippen LogP contribution in [0.2, 0.25) is 10.0 Å². The highest BCUT2D eigenvalue weighted by Gasteiger charge is 2.59. The summed E-state index contributed by atoms with van der Waals surface area (Å²) in [4.78, 5) is 18.0. The maximum atomic E-state index is 14.3. The van der Waals surface area contributed by atoms with Crippen molar-refractivity contribution in [1.29, 1.82) is 0 Å². The zero-order chi connectivity index (χ0) is 23.0. The van der Waals surface area contributed by atoms with Gasteiger partial charge in [0.05, 0.1) is 10.2 Å². The Labute approximate surface area is 192 Å². The molecule has 0 spiro atoms. The molecule has 1 aliphatic rings. The van der Waals surface area contributed by atoms with E-state index in [4.69, 9.17) is 23.2 Å². The Kier molecular flexibility index (Phi) is 6.89. The van der Waals surface area contributed by atoms with Crippen LogP contribution in [0.3, 0.4) is 0 Å². The molecule has 0 radical (unpaired) electrons. The summed E-state index contributed by atoms with van der Waals surface area (Å²) >= 11 is 13.2. The fourth-order valence-corrected chi connectivity index (χ4v) is 5.46. The molecule has 4 rings (SSSR count). The zero-order valence-corrected chi connectivity index (χ0v) is 19.5. The summed E-state index contributed by atoms with van der Waals surface area (Å²) in [5.41, 5.74) is -0.916. The molecular formula is C22H21Cl2F3N2OS. The minimum atomic E-state index is -4.49. The number of carbonyl (C=O) groups is 1. The number of halogens is 5. The van der Waals surface area contributed by atoms with Crippen LogP contribution in [0, 0.1) is 0 Å². The number of hydrogen-bond acceptors (Lipinski definition) is 4. The van der Waals surface area contributed by atoms with Gasteiger partial charge in [-0.15, -0.1) is 0 Å². The van der Waals surface area contributed by atoms with Crippen molar-refractivity contribution >= 4 is 55.7 Å². The maximum absolute atomic E-state index is 14.3. The second-order valence-corrected chi connectivity index (χ2v) is 8.97. The number of anilines is 1. The van der Waals surface area contributed by atoms with Crippen molar-refractivity contribution < 1.29 is 18.0 Å². The Morgan fingerprint density at radius 1 is 1.16 bits per heavy atom. The predicted octanol–water partition coefficient (Wildman–Crippen LogP) is 7.54. The first-order chi connectivity index (χ1) is 14.6. The Hall–Kier alpha value is -1.83. The van der Waals surface area contributed by atoms with Crippen LogP contribution in [0.1, 0.15) is 43.1 Å². The minimum absolute atomic E-state index is 0.0514. The molecule has 1 atom stereocenters. The van der Waals surface area contributed by atoms with E-state index in [1.165, 1.54) is 36.5 Å². The van der Waals surface area contributed by atoms with E-state index in [0.29, 0.717) is 20.9 Å². The smallest absolute Gasteiger partial charge is 0.347 e. The molecule has 1 saturated heterocycles. The first kappa shape index (κ1) is 23.8.